The number of hydrazine groups is 1. The lowest BCUT2D eigenvalue weighted by Crippen LogP contribution is -2.50. The van der Waals surface area contributed by atoms with E-state index in [1.165, 1.54) is 4.90 Å². The third-order valence-electron chi connectivity index (χ3n) is 3.77. The topological polar surface area (TPSA) is 99.8 Å². The fourth-order valence-corrected chi connectivity index (χ4v) is 2.83. The summed E-state index contributed by atoms with van der Waals surface area (Å²) in [7, 11) is 1.59. The van der Waals surface area contributed by atoms with Crippen LogP contribution in [0.3, 0.4) is 0 Å². The van der Waals surface area contributed by atoms with Crippen LogP contribution in [0.2, 0.25) is 0 Å². The van der Waals surface area contributed by atoms with Gasteiger partial charge in [0.15, 0.2) is 5.11 Å². The number of amides is 3. The van der Waals surface area contributed by atoms with Crippen molar-refractivity contribution in [3.63, 3.8) is 0 Å². The molecule has 1 aliphatic rings. The van der Waals surface area contributed by atoms with E-state index in [1.807, 2.05) is 6.92 Å². The van der Waals surface area contributed by atoms with Gasteiger partial charge in [0.2, 0.25) is 5.91 Å². The molecule has 1 aromatic rings. The van der Waals surface area contributed by atoms with Crippen LogP contribution in [0.5, 0.6) is 0 Å². The lowest BCUT2D eigenvalue weighted by Gasteiger charge is -2.17. The molecule has 0 spiro atoms. The highest BCUT2D eigenvalue weighted by atomic mass is 32.1. The van der Waals surface area contributed by atoms with E-state index in [9.17, 15) is 14.4 Å². The van der Waals surface area contributed by atoms with Crippen molar-refractivity contribution < 1.29 is 19.1 Å². The summed E-state index contributed by atoms with van der Waals surface area (Å²) in [6.45, 7) is 2.56. The standard InChI is InChI=1S/C17H22N4O4S/c1-11(10-25-2)18-17(26)20-19-14(22)8-5-9-21-15(23)12-6-3-4-7-13(12)16(21)24/h3-4,6-7,11H,5,8-10H2,1-2H3,(H,19,22)(H2,18,20,26)/t11-/m1/s1. The molecule has 26 heavy (non-hydrogen) atoms. The number of imide groups is 1. The Hall–Kier alpha value is -2.52. The van der Waals surface area contributed by atoms with Crippen molar-refractivity contribution in [2.24, 2.45) is 0 Å². The molecule has 2 rings (SSSR count). The Bertz CT molecular complexity index is 675. The average Bonchev–Trinajstić information content (AvgIpc) is 2.85. The van der Waals surface area contributed by atoms with Gasteiger partial charge in [-0.2, -0.15) is 0 Å². The van der Waals surface area contributed by atoms with Crippen LogP contribution < -0.4 is 16.2 Å². The van der Waals surface area contributed by atoms with Crippen molar-refractivity contribution in [1.82, 2.24) is 21.1 Å². The molecule has 0 aromatic heterocycles. The SMILES string of the molecule is COC[C@@H](C)NC(=S)NNC(=O)CCCN1C(=O)c2ccccc2C1=O. The minimum Gasteiger partial charge on any atom is -0.383 e. The van der Waals surface area contributed by atoms with Crippen molar-refractivity contribution in [1.29, 1.82) is 0 Å². The number of fused-ring (bicyclic) bond motifs is 1. The van der Waals surface area contributed by atoms with Gasteiger partial charge in [0.05, 0.1) is 17.7 Å². The van der Waals surface area contributed by atoms with Gasteiger partial charge in [0, 0.05) is 26.1 Å². The number of thiocarbonyl (C=S) groups is 1. The second kappa shape index (κ2) is 9.25. The monoisotopic (exact) mass is 378 g/mol. The zero-order chi connectivity index (χ0) is 19.1. The Labute approximate surface area is 157 Å². The highest BCUT2D eigenvalue weighted by Gasteiger charge is 2.34. The molecule has 0 radical (unpaired) electrons. The number of nitrogens with zero attached hydrogens (tertiary/aromatic N) is 1. The van der Waals surface area contributed by atoms with Gasteiger partial charge in [-0.25, -0.2) is 0 Å². The van der Waals surface area contributed by atoms with Crippen molar-refractivity contribution in [2.45, 2.75) is 25.8 Å². The molecule has 9 heteroatoms. The number of benzene rings is 1. The molecule has 1 heterocycles. The van der Waals surface area contributed by atoms with Crippen LogP contribution in [0.25, 0.3) is 0 Å². The number of hydrogen-bond acceptors (Lipinski definition) is 5. The van der Waals surface area contributed by atoms with Gasteiger partial charge >= 0.3 is 0 Å². The van der Waals surface area contributed by atoms with Crippen LogP contribution in [0.1, 0.15) is 40.5 Å². The zero-order valence-electron chi connectivity index (χ0n) is 14.7. The van der Waals surface area contributed by atoms with Crippen LogP contribution in [-0.4, -0.2) is 54.0 Å². The highest BCUT2D eigenvalue weighted by Crippen LogP contribution is 2.22. The van der Waals surface area contributed by atoms with E-state index in [-0.39, 0.29) is 41.8 Å². The lowest BCUT2D eigenvalue weighted by molar-refractivity contribution is -0.121. The Kier molecular flexibility index (Phi) is 7.05. The predicted octanol–water partition coefficient (Wildman–Crippen LogP) is 0.593. The smallest absolute Gasteiger partial charge is 0.261 e. The average molecular weight is 378 g/mol. The van der Waals surface area contributed by atoms with Gasteiger partial charge in [0.25, 0.3) is 11.8 Å². The minimum atomic E-state index is -0.318. The summed E-state index contributed by atoms with van der Waals surface area (Å²) >= 11 is 5.04. The van der Waals surface area contributed by atoms with E-state index in [2.05, 4.69) is 16.2 Å². The first-order valence-corrected chi connectivity index (χ1v) is 8.64. The number of hydrogen-bond donors (Lipinski definition) is 3. The summed E-state index contributed by atoms with van der Waals surface area (Å²) in [5.74, 6) is -0.923. The van der Waals surface area contributed by atoms with E-state index >= 15 is 0 Å². The molecule has 3 amide bonds. The van der Waals surface area contributed by atoms with Gasteiger partial charge < -0.3 is 10.1 Å². The first-order valence-electron chi connectivity index (χ1n) is 8.23. The number of methoxy groups -OCH3 is 1. The minimum absolute atomic E-state index is 0.00530. The van der Waals surface area contributed by atoms with E-state index in [0.29, 0.717) is 24.2 Å². The Morgan fingerprint density at radius 1 is 1.19 bits per heavy atom. The molecule has 0 fully saturated rings. The summed E-state index contributed by atoms with van der Waals surface area (Å²) in [5, 5.41) is 3.22. The molecule has 3 N–H and O–H groups in total. The number of carbonyl (C=O) groups excluding carboxylic acids is 3. The van der Waals surface area contributed by atoms with E-state index in [4.69, 9.17) is 17.0 Å². The van der Waals surface area contributed by atoms with Crippen LogP contribution in [-0.2, 0) is 9.53 Å². The molecule has 1 aliphatic heterocycles. The fourth-order valence-electron chi connectivity index (χ4n) is 2.58. The number of rotatable bonds is 7. The summed E-state index contributed by atoms with van der Waals surface area (Å²) in [4.78, 5) is 37.4. The van der Waals surface area contributed by atoms with E-state index in [1.54, 1.807) is 31.4 Å². The van der Waals surface area contributed by atoms with Gasteiger partial charge in [-0.3, -0.25) is 30.1 Å². The van der Waals surface area contributed by atoms with Gasteiger partial charge in [-0.05, 0) is 37.7 Å². The Balaban J connectivity index is 1.70. The summed E-state index contributed by atoms with van der Waals surface area (Å²) in [5.41, 5.74) is 5.89. The third-order valence-corrected chi connectivity index (χ3v) is 3.99. The summed E-state index contributed by atoms with van der Waals surface area (Å²) < 4.78 is 4.98. The maximum absolute atomic E-state index is 12.2. The molecule has 8 nitrogen and oxygen atoms in total. The predicted molar refractivity (Wildman–Crippen MR) is 99.4 cm³/mol. The molecule has 0 saturated heterocycles. The molecular formula is C17H22N4O4S. The van der Waals surface area contributed by atoms with Crippen molar-refractivity contribution in [2.75, 3.05) is 20.3 Å². The van der Waals surface area contributed by atoms with Gasteiger partial charge in [0.1, 0.15) is 0 Å². The van der Waals surface area contributed by atoms with Crippen LogP contribution in [0, 0.1) is 0 Å². The van der Waals surface area contributed by atoms with Crippen LogP contribution in [0.15, 0.2) is 24.3 Å². The van der Waals surface area contributed by atoms with Crippen LogP contribution >= 0.6 is 12.2 Å². The molecule has 1 atom stereocenters. The first kappa shape index (κ1) is 19.8. The lowest BCUT2D eigenvalue weighted by atomic mass is 10.1. The second-order valence-electron chi connectivity index (χ2n) is 5.91. The van der Waals surface area contributed by atoms with Crippen molar-refractivity contribution >= 4 is 35.1 Å². The Morgan fingerprint density at radius 2 is 1.81 bits per heavy atom. The second-order valence-corrected chi connectivity index (χ2v) is 6.32. The third kappa shape index (κ3) is 4.99. The number of ether oxygens (including phenoxy) is 1. The Morgan fingerprint density at radius 3 is 2.38 bits per heavy atom. The first-order chi connectivity index (χ1) is 12.4. The normalized spacial score (nSPS) is 14.0. The quantitative estimate of drug-likeness (QED) is 0.363. The van der Waals surface area contributed by atoms with Crippen LogP contribution in [0.4, 0.5) is 0 Å². The number of carbonyl (C=O) groups is 3. The molecule has 0 bridgehead atoms. The van der Waals surface area contributed by atoms with E-state index in [0.717, 1.165) is 0 Å². The van der Waals surface area contributed by atoms with E-state index < -0.39 is 0 Å². The summed E-state index contributed by atoms with van der Waals surface area (Å²) in [6.07, 6.45) is 0.510. The molecule has 1 aromatic carbocycles. The highest BCUT2D eigenvalue weighted by molar-refractivity contribution is 7.80. The molecule has 0 aliphatic carbocycles. The molecule has 140 valence electrons. The molecular weight excluding hydrogens is 356 g/mol. The molecule has 0 unspecified atom stereocenters. The van der Waals surface area contributed by atoms with Crippen molar-refractivity contribution in [3.8, 4) is 0 Å². The zero-order valence-corrected chi connectivity index (χ0v) is 15.5. The maximum Gasteiger partial charge on any atom is 0.261 e. The van der Waals surface area contributed by atoms with Gasteiger partial charge in [-0.15, -0.1) is 0 Å². The number of nitrogens with one attached hydrogen (secondary N) is 3. The van der Waals surface area contributed by atoms with Crippen molar-refractivity contribution in [3.05, 3.63) is 35.4 Å². The summed E-state index contributed by atoms with van der Waals surface area (Å²) in [6, 6.07) is 6.70. The maximum atomic E-state index is 12.2. The largest absolute Gasteiger partial charge is 0.383 e. The molecule has 0 saturated carbocycles. The van der Waals surface area contributed by atoms with Gasteiger partial charge in [-0.1, -0.05) is 12.1 Å². The fraction of sp³-hybridized carbons (Fsp3) is 0.412.